The maximum atomic E-state index is 11.6. The lowest BCUT2D eigenvalue weighted by Gasteiger charge is -2.15. The van der Waals surface area contributed by atoms with Crippen LogP contribution in [0.3, 0.4) is 0 Å². The van der Waals surface area contributed by atoms with Crippen LogP contribution in [-0.4, -0.2) is 39.1 Å². The molecule has 1 aromatic heterocycles. The summed E-state index contributed by atoms with van der Waals surface area (Å²) in [5.41, 5.74) is 1.08. The van der Waals surface area contributed by atoms with Crippen molar-refractivity contribution in [2.45, 2.75) is 26.8 Å². The Morgan fingerprint density at radius 3 is 2.44 bits per heavy atom. The number of hydrogen-bond donors (Lipinski definition) is 1. The molecule has 6 heteroatoms. The van der Waals surface area contributed by atoms with E-state index in [4.69, 9.17) is 4.42 Å². The smallest absolute Gasteiger partial charge is 0.214 e. The Bertz CT molecular complexity index is 491. The first-order valence-electron chi connectivity index (χ1n) is 5.94. The zero-order chi connectivity index (χ0) is 13.9. The van der Waals surface area contributed by atoms with E-state index in [1.807, 2.05) is 26.8 Å². The minimum atomic E-state index is -3.13. The molecule has 1 N–H and O–H groups in total. The second-order valence-corrected chi connectivity index (χ2v) is 6.95. The van der Waals surface area contributed by atoms with Crippen LogP contribution >= 0.6 is 0 Å². The third-order valence-corrected chi connectivity index (χ3v) is 4.75. The first kappa shape index (κ1) is 15.2. The monoisotopic (exact) mass is 274 g/mol. The van der Waals surface area contributed by atoms with Crippen molar-refractivity contribution in [2.24, 2.45) is 0 Å². The van der Waals surface area contributed by atoms with Gasteiger partial charge in [0.25, 0.3) is 0 Å². The Morgan fingerprint density at radius 1 is 1.39 bits per heavy atom. The average Bonchev–Trinajstić information content (AvgIpc) is 2.57. The fraction of sp³-hybridized carbons (Fsp3) is 0.667. The Morgan fingerprint density at radius 2 is 2.00 bits per heavy atom. The van der Waals surface area contributed by atoms with Gasteiger partial charge in [-0.15, -0.1) is 0 Å². The maximum absolute atomic E-state index is 11.6. The van der Waals surface area contributed by atoms with E-state index >= 15 is 0 Å². The maximum Gasteiger partial charge on any atom is 0.214 e. The van der Waals surface area contributed by atoms with E-state index in [9.17, 15) is 8.42 Å². The van der Waals surface area contributed by atoms with Crippen LogP contribution in [0.15, 0.2) is 10.5 Å². The van der Waals surface area contributed by atoms with Gasteiger partial charge in [0.2, 0.25) is 10.0 Å². The molecule has 0 fully saturated rings. The van der Waals surface area contributed by atoms with E-state index < -0.39 is 10.0 Å². The molecule has 0 saturated heterocycles. The molecule has 0 radical (unpaired) electrons. The standard InChI is InChI=1S/C12H22N2O3S/c1-9-8-12(11(3)17-9)10(2)13-6-7-18(15,16)14(4)5/h8,10,13H,6-7H2,1-5H3. The van der Waals surface area contributed by atoms with E-state index in [-0.39, 0.29) is 11.8 Å². The van der Waals surface area contributed by atoms with Gasteiger partial charge in [-0.2, -0.15) is 0 Å². The normalized spacial score (nSPS) is 14.1. The van der Waals surface area contributed by atoms with Gasteiger partial charge in [-0.1, -0.05) is 0 Å². The molecule has 0 aromatic carbocycles. The molecule has 0 aliphatic heterocycles. The topological polar surface area (TPSA) is 62.6 Å². The minimum absolute atomic E-state index is 0.0832. The zero-order valence-corrected chi connectivity index (χ0v) is 12.5. The van der Waals surface area contributed by atoms with Crippen LogP contribution in [0, 0.1) is 13.8 Å². The summed E-state index contributed by atoms with van der Waals surface area (Å²) in [6.45, 7) is 6.24. The lowest BCUT2D eigenvalue weighted by Crippen LogP contribution is -2.32. The number of aryl methyl sites for hydroxylation is 2. The fourth-order valence-electron chi connectivity index (χ4n) is 1.78. The van der Waals surface area contributed by atoms with E-state index in [0.29, 0.717) is 6.54 Å². The quantitative estimate of drug-likeness (QED) is 0.852. The summed E-state index contributed by atoms with van der Waals surface area (Å²) >= 11 is 0. The molecule has 0 aliphatic rings. The first-order chi connectivity index (χ1) is 8.24. The van der Waals surface area contributed by atoms with Gasteiger partial charge in [0, 0.05) is 32.2 Å². The predicted octanol–water partition coefficient (Wildman–Crippen LogP) is 1.44. The van der Waals surface area contributed by atoms with Gasteiger partial charge in [0.15, 0.2) is 0 Å². The van der Waals surface area contributed by atoms with E-state index in [0.717, 1.165) is 17.1 Å². The predicted molar refractivity (Wildman–Crippen MR) is 72.1 cm³/mol. The molecule has 0 saturated carbocycles. The van der Waals surface area contributed by atoms with Crippen LogP contribution in [0.25, 0.3) is 0 Å². The summed E-state index contributed by atoms with van der Waals surface area (Å²) < 4.78 is 29.9. The van der Waals surface area contributed by atoms with Crippen molar-refractivity contribution in [1.29, 1.82) is 0 Å². The van der Waals surface area contributed by atoms with Gasteiger partial charge in [0.1, 0.15) is 11.5 Å². The van der Waals surface area contributed by atoms with Gasteiger partial charge in [0.05, 0.1) is 5.75 Å². The van der Waals surface area contributed by atoms with E-state index in [1.54, 1.807) is 14.1 Å². The second kappa shape index (κ2) is 5.86. The van der Waals surface area contributed by atoms with Crippen molar-refractivity contribution >= 4 is 10.0 Å². The lowest BCUT2D eigenvalue weighted by molar-refractivity contribution is 0.490. The Hall–Kier alpha value is -0.850. The molecule has 0 aliphatic carbocycles. The second-order valence-electron chi connectivity index (χ2n) is 4.64. The Labute approximate surface area is 109 Å². The summed E-state index contributed by atoms with van der Waals surface area (Å²) in [6.07, 6.45) is 0. The van der Waals surface area contributed by atoms with Crippen LogP contribution in [0.5, 0.6) is 0 Å². The zero-order valence-electron chi connectivity index (χ0n) is 11.6. The lowest BCUT2D eigenvalue weighted by atomic mass is 10.1. The molecule has 0 amide bonds. The highest BCUT2D eigenvalue weighted by Crippen LogP contribution is 2.20. The highest BCUT2D eigenvalue weighted by molar-refractivity contribution is 7.89. The number of nitrogens with one attached hydrogen (secondary N) is 1. The molecule has 104 valence electrons. The van der Waals surface area contributed by atoms with Gasteiger partial charge >= 0.3 is 0 Å². The largest absolute Gasteiger partial charge is 0.466 e. The van der Waals surface area contributed by atoms with Gasteiger partial charge in [-0.05, 0) is 26.8 Å². The van der Waals surface area contributed by atoms with E-state index in [1.165, 1.54) is 4.31 Å². The van der Waals surface area contributed by atoms with Crippen molar-refractivity contribution < 1.29 is 12.8 Å². The van der Waals surface area contributed by atoms with Gasteiger partial charge in [-0.3, -0.25) is 0 Å². The first-order valence-corrected chi connectivity index (χ1v) is 7.55. The van der Waals surface area contributed by atoms with Crippen LogP contribution in [-0.2, 0) is 10.0 Å². The van der Waals surface area contributed by atoms with Crippen molar-refractivity contribution in [3.8, 4) is 0 Å². The van der Waals surface area contributed by atoms with Crippen LogP contribution in [0.4, 0.5) is 0 Å². The van der Waals surface area contributed by atoms with Crippen molar-refractivity contribution in [3.05, 3.63) is 23.2 Å². The van der Waals surface area contributed by atoms with Crippen molar-refractivity contribution in [2.75, 3.05) is 26.4 Å². The van der Waals surface area contributed by atoms with Crippen molar-refractivity contribution in [3.63, 3.8) is 0 Å². The highest BCUT2D eigenvalue weighted by Gasteiger charge is 2.16. The molecule has 1 aromatic rings. The molecule has 1 atom stereocenters. The number of rotatable bonds is 6. The summed E-state index contributed by atoms with van der Waals surface area (Å²) in [6, 6.07) is 2.06. The summed E-state index contributed by atoms with van der Waals surface area (Å²) in [5.74, 6) is 1.85. The molecule has 0 bridgehead atoms. The number of furan rings is 1. The molecule has 5 nitrogen and oxygen atoms in total. The molecular formula is C12H22N2O3S. The number of sulfonamides is 1. The Kier molecular flexibility index (Phi) is 4.95. The van der Waals surface area contributed by atoms with Crippen molar-refractivity contribution in [1.82, 2.24) is 9.62 Å². The minimum Gasteiger partial charge on any atom is -0.466 e. The summed E-state index contributed by atoms with van der Waals surface area (Å²) in [7, 11) is -0.0456. The van der Waals surface area contributed by atoms with Gasteiger partial charge in [-0.25, -0.2) is 12.7 Å². The molecule has 1 rings (SSSR count). The third kappa shape index (κ3) is 3.83. The molecule has 18 heavy (non-hydrogen) atoms. The Balaban J connectivity index is 2.53. The molecule has 1 unspecified atom stereocenters. The fourth-order valence-corrected chi connectivity index (χ4v) is 2.52. The summed E-state index contributed by atoms with van der Waals surface area (Å²) in [4.78, 5) is 0. The average molecular weight is 274 g/mol. The molecular weight excluding hydrogens is 252 g/mol. The van der Waals surface area contributed by atoms with Crippen LogP contribution in [0.2, 0.25) is 0 Å². The molecule has 0 spiro atoms. The summed E-state index contributed by atoms with van der Waals surface area (Å²) in [5, 5.41) is 3.20. The third-order valence-electron chi connectivity index (χ3n) is 2.91. The van der Waals surface area contributed by atoms with Crippen LogP contribution < -0.4 is 5.32 Å². The van der Waals surface area contributed by atoms with Gasteiger partial charge < -0.3 is 9.73 Å². The number of nitrogens with zero attached hydrogens (tertiary/aromatic N) is 1. The number of hydrogen-bond acceptors (Lipinski definition) is 4. The highest BCUT2D eigenvalue weighted by atomic mass is 32.2. The SMILES string of the molecule is Cc1cc(C(C)NCCS(=O)(=O)N(C)C)c(C)o1. The van der Waals surface area contributed by atoms with E-state index in [2.05, 4.69) is 5.32 Å². The van der Waals surface area contributed by atoms with Crippen LogP contribution in [0.1, 0.15) is 30.0 Å². The molecule has 1 heterocycles.